The number of nitrogens with zero attached hydrogens (tertiary/aromatic N) is 1. The Kier molecular flexibility index (Phi) is 7.05. The summed E-state index contributed by atoms with van der Waals surface area (Å²) >= 11 is 7.62. The fraction of sp³-hybridized carbons (Fsp3) is 0.250. The first-order valence-corrected chi connectivity index (χ1v) is 12.8. The van der Waals surface area contributed by atoms with E-state index in [2.05, 4.69) is 4.98 Å². The first-order chi connectivity index (χ1) is 17.4. The van der Waals surface area contributed by atoms with Crippen LogP contribution < -0.4 is 0 Å². The van der Waals surface area contributed by atoms with Crippen LogP contribution in [-0.4, -0.2) is 35.7 Å². The van der Waals surface area contributed by atoms with Gasteiger partial charge in [-0.25, -0.2) is 14.6 Å². The van der Waals surface area contributed by atoms with Gasteiger partial charge in [0.25, 0.3) is 0 Å². The fourth-order valence-corrected chi connectivity index (χ4v) is 5.19. The lowest BCUT2D eigenvalue weighted by Gasteiger charge is -2.19. The standard InChI is InChI=1S/C28H24ClNO5S/c1-16-3-7-18(8-4-16)27(31)33-15-24-22(35-28(32)19-9-5-17(2)6-10-19)14-23(34-24)26-30-21-13-20(29)11-12-25(21)36-26/h3-13,22-24H,14-15H2,1-2H3/t22-,23+,24+/m1/s1. The second-order valence-electron chi connectivity index (χ2n) is 8.84. The van der Waals surface area contributed by atoms with Gasteiger partial charge < -0.3 is 14.2 Å². The Balaban J connectivity index is 1.34. The van der Waals surface area contributed by atoms with Gasteiger partial charge in [-0.2, -0.15) is 0 Å². The van der Waals surface area contributed by atoms with E-state index in [-0.39, 0.29) is 6.61 Å². The topological polar surface area (TPSA) is 74.7 Å². The Morgan fingerprint density at radius 1 is 0.972 bits per heavy atom. The molecule has 2 heterocycles. The van der Waals surface area contributed by atoms with Gasteiger partial charge in [0.2, 0.25) is 0 Å². The van der Waals surface area contributed by atoms with Crippen LogP contribution in [-0.2, 0) is 14.2 Å². The van der Waals surface area contributed by atoms with Crippen LogP contribution in [0.5, 0.6) is 0 Å². The predicted molar refractivity (Wildman–Crippen MR) is 139 cm³/mol. The van der Waals surface area contributed by atoms with Gasteiger partial charge in [0, 0.05) is 11.4 Å². The second-order valence-corrected chi connectivity index (χ2v) is 10.3. The van der Waals surface area contributed by atoms with Gasteiger partial charge in [0.15, 0.2) is 0 Å². The van der Waals surface area contributed by atoms with E-state index >= 15 is 0 Å². The Morgan fingerprint density at radius 3 is 2.28 bits per heavy atom. The lowest BCUT2D eigenvalue weighted by molar-refractivity contribution is -0.0427. The number of aryl methyl sites for hydroxylation is 2. The molecule has 0 unspecified atom stereocenters. The van der Waals surface area contributed by atoms with Crippen LogP contribution in [0.4, 0.5) is 0 Å². The molecule has 184 valence electrons. The normalized spacial score (nSPS) is 19.4. The number of carbonyl (C=O) groups excluding carboxylic acids is 2. The molecular weight excluding hydrogens is 498 g/mol. The van der Waals surface area contributed by atoms with Crippen LogP contribution in [0.1, 0.15) is 49.4 Å². The number of rotatable bonds is 6. The molecular formula is C28H24ClNO5S. The molecule has 8 heteroatoms. The monoisotopic (exact) mass is 521 g/mol. The number of thiazole rings is 1. The molecule has 0 aliphatic carbocycles. The summed E-state index contributed by atoms with van der Waals surface area (Å²) in [5.41, 5.74) is 3.79. The Morgan fingerprint density at radius 2 is 1.61 bits per heavy atom. The summed E-state index contributed by atoms with van der Waals surface area (Å²) in [6.45, 7) is 3.85. The van der Waals surface area contributed by atoms with Crippen molar-refractivity contribution in [1.29, 1.82) is 0 Å². The third kappa shape index (κ3) is 5.43. The van der Waals surface area contributed by atoms with Crippen LogP contribution in [0.15, 0.2) is 66.7 Å². The van der Waals surface area contributed by atoms with Crippen molar-refractivity contribution in [2.75, 3.05) is 6.61 Å². The first-order valence-electron chi connectivity index (χ1n) is 11.6. The summed E-state index contributed by atoms with van der Waals surface area (Å²) in [5.74, 6) is -0.907. The summed E-state index contributed by atoms with van der Waals surface area (Å²) in [7, 11) is 0. The van der Waals surface area contributed by atoms with Crippen LogP contribution >= 0.6 is 22.9 Å². The summed E-state index contributed by atoms with van der Waals surface area (Å²) in [5, 5.41) is 1.37. The molecule has 3 atom stereocenters. The lowest BCUT2D eigenvalue weighted by Crippen LogP contribution is -2.32. The zero-order valence-corrected chi connectivity index (χ0v) is 21.3. The van der Waals surface area contributed by atoms with Gasteiger partial charge in [0.05, 0.1) is 21.3 Å². The van der Waals surface area contributed by atoms with Crippen LogP contribution in [0.2, 0.25) is 5.02 Å². The molecule has 3 aromatic carbocycles. The molecule has 6 nitrogen and oxygen atoms in total. The summed E-state index contributed by atoms with van der Waals surface area (Å²) in [4.78, 5) is 30.1. The number of halogens is 1. The van der Waals surface area contributed by atoms with E-state index in [0.29, 0.717) is 22.6 Å². The summed E-state index contributed by atoms with van der Waals surface area (Å²) in [6, 6.07) is 19.9. The number of hydrogen-bond acceptors (Lipinski definition) is 7. The van der Waals surface area contributed by atoms with Crippen molar-refractivity contribution in [2.45, 2.75) is 38.6 Å². The van der Waals surface area contributed by atoms with Gasteiger partial charge in [-0.05, 0) is 56.3 Å². The Bertz CT molecular complexity index is 1400. The maximum Gasteiger partial charge on any atom is 0.338 e. The zero-order valence-electron chi connectivity index (χ0n) is 19.8. The molecule has 1 aromatic heterocycles. The van der Waals surface area contributed by atoms with Crippen molar-refractivity contribution in [3.8, 4) is 0 Å². The van der Waals surface area contributed by atoms with Crippen molar-refractivity contribution >= 4 is 45.1 Å². The first kappa shape index (κ1) is 24.4. The Hall–Kier alpha value is -3.26. The highest BCUT2D eigenvalue weighted by Crippen LogP contribution is 2.39. The van der Waals surface area contributed by atoms with E-state index in [9.17, 15) is 9.59 Å². The minimum Gasteiger partial charge on any atom is -0.459 e. The quantitative estimate of drug-likeness (QED) is 0.270. The molecule has 0 saturated carbocycles. The number of aromatic nitrogens is 1. The lowest BCUT2D eigenvalue weighted by atomic mass is 10.1. The number of carbonyl (C=O) groups is 2. The highest BCUT2D eigenvalue weighted by molar-refractivity contribution is 7.18. The van der Waals surface area contributed by atoms with Crippen molar-refractivity contribution in [2.24, 2.45) is 0 Å². The van der Waals surface area contributed by atoms with E-state index in [0.717, 1.165) is 26.4 Å². The smallest absolute Gasteiger partial charge is 0.338 e. The van der Waals surface area contributed by atoms with Crippen LogP contribution in [0.25, 0.3) is 10.2 Å². The predicted octanol–water partition coefficient (Wildman–Crippen LogP) is 6.48. The fourth-order valence-electron chi connectivity index (χ4n) is 4.03. The van der Waals surface area contributed by atoms with Gasteiger partial charge >= 0.3 is 11.9 Å². The third-order valence-corrected chi connectivity index (χ3v) is 7.42. The maximum atomic E-state index is 12.9. The molecule has 0 spiro atoms. The molecule has 5 rings (SSSR count). The maximum absolute atomic E-state index is 12.9. The van der Waals surface area contributed by atoms with E-state index in [1.165, 1.54) is 11.3 Å². The summed E-state index contributed by atoms with van der Waals surface area (Å²) < 4.78 is 18.6. The number of ether oxygens (including phenoxy) is 3. The highest BCUT2D eigenvalue weighted by atomic mass is 35.5. The molecule has 1 aliphatic heterocycles. The minimum atomic E-state index is -0.630. The average molecular weight is 522 g/mol. The van der Waals surface area contributed by atoms with E-state index in [1.54, 1.807) is 24.3 Å². The number of esters is 2. The second kappa shape index (κ2) is 10.4. The number of benzene rings is 3. The van der Waals surface area contributed by atoms with Crippen molar-refractivity contribution in [1.82, 2.24) is 4.98 Å². The highest BCUT2D eigenvalue weighted by Gasteiger charge is 2.41. The van der Waals surface area contributed by atoms with E-state index in [4.69, 9.17) is 25.8 Å². The average Bonchev–Trinajstić information content (AvgIpc) is 3.47. The number of fused-ring (bicyclic) bond motifs is 1. The Labute approximate surface area is 217 Å². The SMILES string of the molecule is Cc1ccc(C(=O)OC[C@@H]2O[C@H](c3nc4cc(Cl)ccc4s3)C[C@H]2OC(=O)c2ccc(C)cc2)cc1. The van der Waals surface area contributed by atoms with Crippen LogP contribution in [0.3, 0.4) is 0 Å². The molecule has 1 saturated heterocycles. The summed E-state index contributed by atoms with van der Waals surface area (Å²) in [6.07, 6.45) is -1.24. The van der Waals surface area contributed by atoms with E-state index < -0.39 is 30.3 Å². The van der Waals surface area contributed by atoms with Gasteiger partial charge in [-0.3, -0.25) is 0 Å². The molecule has 0 radical (unpaired) electrons. The van der Waals surface area contributed by atoms with E-state index in [1.807, 2.05) is 56.3 Å². The zero-order chi connectivity index (χ0) is 25.2. The van der Waals surface area contributed by atoms with Gasteiger partial charge in [-0.1, -0.05) is 47.0 Å². The van der Waals surface area contributed by atoms with Gasteiger partial charge in [-0.15, -0.1) is 11.3 Å². The van der Waals surface area contributed by atoms with Crippen molar-refractivity contribution in [3.63, 3.8) is 0 Å². The molecule has 0 N–H and O–H groups in total. The molecule has 36 heavy (non-hydrogen) atoms. The molecule has 1 fully saturated rings. The molecule has 0 bridgehead atoms. The number of hydrogen-bond donors (Lipinski definition) is 0. The molecule has 1 aliphatic rings. The van der Waals surface area contributed by atoms with Crippen molar-refractivity contribution in [3.05, 3.63) is 99.0 Å². The van der Waals surface area contributed by atoms with Gasteiger partial charge in [0.1, 0.15) is 29.9 Å². The third-order valence-electron chi connectivity index (χ3n) is 6.05. The van der Waals surface area contributed by atoms with Crippen LogP contribution in [0, 0.1) is 13.8 Å². The largest absolute Gasteiger partial charge is 0.459 e. The van der Waals surface area contributed by atoms with Crippen molar-refractivity contribution < 1.29 is 23.8 Å². The minimum absolute atomic E-state index is 0.0498. The molecule has 4 aromatic rings. The molecule has 0 amide bonds.